The zero-order valence-corrected chi connectivity index (χ0v) is 14.1. The van der Waals surface area contributed by atoms with E-state index in [-0.39, 0.29) is 6.10 Å². The zero-order valence-electron chi connectivity index (χ0n) is 13.3. The fourth-order valence-corrected chi connectivity index (χ4v) is 3.25. The van der Waals surface area contributed by atoms with Crippen molar-refractivity contribution >= 4 is 17.6 Å². The van der Waals surface area contributed by atoms with Crippen LogP contribution in [0, 0.1) is 0 Å². The summed E-state index contributed by atoms with van der Waals surface area (Å²) >= 11 is 1.70. The Morgan fingerprint density at radius 3 is 3.00 bits per heavy atom. The van der Waals surface area contributed by atoms with E-state index in [2.05, 4.69) is 51.5 Å². The summed E-state index contributed by atoms with van der Waals surface area (Å²) in [5, 5.41) is 4.27. The molecule has 3 rings (SSSR count). The second kappa shape index (κ2) is 8.29. The Kier molecular flexibility index (Phi) is 5.85. The van der Waals surface area contributed by atoms with E-state index in [4.69, 9.17) is 4.74 Å². The van der Waals surface area contributed by atoms with E-state index < -0.39 is 0 Å². The lowest BCUT2D eigenvalue weighted by Gasteiger charge is -2.30. The minimum Gasteiger partial charge on any atom is -0.374 e. The third-order valence-corrected chi connectivity index (χ3v) is 4.66. The van der Waals surface area contributed by atoms with Gasteiger partial charge < -0.3 is 15.0 Å². The number of ether oxygens (including phenoxy) is 1. The molecule has 1 aromatic heterocycles. The third-order valence-electron chi connectivity index (χ3n) is 3.69. The highest BCUT2D eigenvalue weighted by molar-refractivity contribution is 7.98. The highest BCUT2D eigenvalue weighted by atomic mass is 32.2. The first-order valence-corrected chi connectivity index (χ1v) is 8.81. The van der Waals surface area contributed by atoms with Crippen LogP contribution in [0.2, 0.25) is 0 Å². The summed E-state index contributed by atoms with van der Waals surface area (Å²) in [5.41, 5.74) is 1.29. The standard InChI is InChI=1S/C17H22N4OS/c1-21-7-8-22-15(12-21)9-19-16-10-18-11-17(20-16)23-13-14-5-3-2-4-6-14/h2-6,10-11,15H,7-9,12-13H2,1H3,(H,19,20). The van der Waals surface area contributed by atoms with Gasteiger partial charge >= 0.3 is 0 Å². The van der Waals surface area contributed by atoms with Gasteiger partial charge in [-0.3, -0.25) is 4.98 Å². The van der Waals surface area contributed by atoms with Crippen molar-refractivity contribution in [2.75, 3.05) is 38.6 Å². The molecule has 1 aromatic carbocycles. The van der Waals surface area contributed by atoms with Gasteiger partial charge in [0.1, 0.15) is 10.8 Å². The molecular weight excluding hydrogens is 308 g/mol. The molecule has 6 heteroatoms. The molecule has 1 fully saturated rings. The molecule has 0 spiro atoms. The number of anilines is 1. The molecule has 1 N–H and O–H groups in total. The predicted octanol–water partition coefficient (Wildman–Crippen LogP) is 2.51. The number of hydrogen-bond donors (Lipinski definition) is 1. The number of nitrogens with one attached hydrogen (secondary N) is 1. The van der Waals surface area contributed by atoms with Crippen LogP contribution in [0.15, 0.2) is 47.8 Å². The molecule has 1 aliphatic rings. The molecule has 0 bridgehead atoms. The average Bonchev–Trinajstić information content (AvgIpc) is 2.60. The van der Waals surface area contributed by atoms with E-state index in [1.54, 1.807) is 18.0 Å². The summed E-state index contributed by atoms with van der Waals surface area (Å²) in [6, 6.07) is 10.4. The van der Waals surface area contributed by atoms with Crippen molar-refractivity contribution in [2.45, 2.75) is 16.9 Å². The summed E-state index contributed by atoms with van der Waals surface area (Å²) in [7, 11) is 2.12. The van der Waals surface area contributed by atoms with Gasteiger partial charge in [-0.05, 0) is 12.6 Å². The maximum atomic E-state index is 5.75. The van der Waals surface area contributed by atoms with E-state index in [1.165, 1.54) is 5.56 Å². The molecule has 122 valence electrons. The lowest BCUT2D eigenvalue weighted by molar-refractivity contribution is -0.0117. The molecule has 1 atom stereocenters. The third kappa shape index (κ3) is 5.20. The number of nitrogens with zero attached hydrogens (tertiary/aromatic N) is 3. The smallest absolute Gasteiger partial charge is 0.145 e. The van der Waals surface area contributed by atoms with Gasteiger partial charge in [0.2, 0.25) is 0 Å². The lowest BCUT2D eigenvalue weighted by atomic mass is 10.2. The minimum absolute atomic E-state index is 0.205. The number of rotatable bonds is 6. The zero-order chi connectivity index (χ0) is 15.9. The van der Waals surface area contributed by atoms with Gasteiger partial charge in [-0.1, -0.05) is 30.3 Å². The second-order valence-corrected chi connectivity index (χ2v) is 6.65. The molecule has 1 aliphatic heterocycles. The van der Waals surface area contributed by atoms with E-state index >= 15 is 0 Å². The van der Waals surface area contributed by atoms with Crippen LogP contribution >= 0.6 is 11.8 Å². The van der Waals surface area contributed by atoms with Gasteiger partial charge in [-0.2, -0.15) is 0 Å². The van der Waals surface area contributed by atoms with Crippen molar-refractivity contribution in [3.8, 4) is 0 Å². The molecule has 0 amide bonds. The van der Waals surface area contributed by atoms with Crippen molar-refractivity contribution in [3.63, 3.8) is 0 Å². The molecule has 0 aliphatic carbocycles. The predicted molar refractivity (Wildman–Crippen MR) is 93.8 cm³/mol. The van der Waals surface area contributed by atoms with Crippen LogP contribution in [0.25, 0.3) is 0 Å². The number of likely N-dealkylation sites (N-methyl/N-ethyl adjacent to an activating group) is 1. The van der Waals surface area contributed by atoms with E-state index in [9.17, 15) is 0 Å². The Morgan fingerprint density at radius 2 is 2.17 bits per heavy atom. The Labute approximate surface area is 141 Å². The molecule has 1 unspecified atom stereocenters. The van der Waals surface area contributed by atoms with Crippen LogP contribution in [0.5, 0.6) is 0 Å². The van der Waals surface area contributed by atoms with Crippen LogP contribution in [0.3, 0.4) is 0 Å². The molecular formula is C17H22N4OS. The van der Waals surface area contributed by atoms with E-state index in [0.717, 1.165) is 42.8 Å². The van der Waals surface area contributed by atoms with Crippen LogP contribution in [-0.4, -0.2) is 54.3 Å². The van der Waals surface area contributed by atoms with Crippen molar-refractivity contribution in [1.29, 1.82) is 0 Å². The van der Waals surface area contributed by atoms with Gasteiger partial charge in [0.25, 0.3) is 0 Å². The molecule has 2 heterocycles. The van der Waals surface area contributed by atoms with Gasteiger partial charge in [0.05, 0.1) is 25.1 Å². The first-order valence-electron chi connectivity index (χ1n) is 7.82. The monoisotopic (exact) mass is 330 g/mol. The summed E-state index contributed by atoms with van der Waals surface area (Å²) in [4.78, 5) is 11.2. The SMILES string of the molecule is CN1CCOC(CNc2cncc(SCc3ccccc3)n2)C1. The number of hydrogen-bond acceptors (Lipinski definition) is 6. The first-order chi connectivity index (χ1) is 11.3. The van der Waals surface area contributed by atoms with Crippen molar-refractivity contribution in [3.05, 3.63) is 48.3 Å². The maximum absolute atomic E-state index is 5.75. The van der Waals surface area contributed by atoms with E-state index in [1.807, 2.05) is 12.3 Å². The van der Waals surface area contributed by atoms with E-state index in [0.29, 0.717) is 0 Å². The number of benzene rings is 1. The van der Waals surface area contributed by atoms with Crippen LogP contribution in [0.4, 0.5) is 5.82 Å². The van der Waals surface area contributed by atoms with Crippen LogP contribution in [0.1, 0.15) is 5.56 Å². The molecule has 2 aromatic rings. The van der Waals surface area contributed by atoms with Gasteiger partial charge in [0, 0.05) is 25.4 Å². The highest BCUT2D eigenvalue weighted by Gasteiger charge is 2.17. The fourth-order valence-electron chi connectivity index (χ4n) is 2.44. The normalized spacial score (nSPS) is 18.7. The largest absolute Gasteiger partial charge is 0.374 e. The molecule has 0 radical (unpaired) electrons. The van der Waals surface area contributed by atoms with Crippen LogP contribution in [-0.2, 0) is 10.5 Å². The number of aromatic nitrogens is 2. The van der Waals surface area contributed by atoms with Crippen LogP contribution < -0.4 is 5.32 Å². The minimum atomic E-state index is 0.205. The fraction of sp³-hybridized carbons (Fsp3) is 0.412. The molecule has 1 saturated heterocycles. The Bertz CT molecular complexity index is 611. The topological polar surface area (TPSA) is 50.3 Å². The Hall–Kier alpha value is -1.63. The summed E-state index contributed by atoms with van der Waals surface area (Å²) in [6.07, 6.45) is 3.78. The molecule has 0 saturated carbocycles. The maximum Gasteiger partial charge on any atom is 0.145 e. The lowest BCUT2D eigenvalue weighted by Crippen LogP contribution is -2.43. The van der Waals surface area contributed by atoms with Gasteiger partial charge in [-0.25, -0.2) is 4.98 Å². The van der Waals surface area contributed by atoms with Crippen molar-refractivity contribution in [1.82, 2.24) is 14.9 Å². The van der Waals surface area contributed by atoms with Gasteiger partial charge in [0.15, 0.2) is 0 Å². The van der Waals surface area contributed by atoms with Gasteiger partial charge in [-0.15, -0.1) is 11.8 Å². The molecule has 23 heavy (non-hydrogen) atoms. The Morgan fingerprint density at radius 1 is 1.30 bits per heavy atom. The number of thioether (sulfide) groups is 1. The van der Waals surface area contributed by atoms with Crippen molar-refractivity contribution < 1.29 is 4.74 Å². The number of morpholine rings is 1. The van der Waals surface area contributed by atoms with Crippen molar-refractivity contribution in [2.24, 2.45) is 0 Å². The average molecular weight is 330 g/mol. The quantitative estimate of drug-likeness (QED) is 0.822. The highest BCUT2D eigenvalue weighted by Crippen LogP contribution is 2.21. The summed E-state index contributed by atoms with van der Waals surface area (Å²) < 4.78 is 5.75. The summed E-state index contributed by atoms with van der Waals surface area (Å²) in [5.74, 6) is 1.70. The second-order valence-electron chi connectivity index (χ2n) is 5.65. The first kappa shape index (κ1) is 16.2. The Balaban J connectivity index is 1.50. The molecule has 5 nitrogen and oxygen atoms in total. The summed E-state index contributed by atoms with van der Waals surface area (Å²) in [6.45, 7) is 3.50.